The lowest BCUT2D eigenvalue weighted by Crippen LogP contribution is -2.55. The predicted octanol–water partition coefficient (Wildman–Crippen LogP) is 2.24. The van der Waals surface area contributed by atoms with Crippen LogP contribution in [0.1, 0.15) is 37.7 Å². The van der Waals surface area contributed by atoms with E-state index < -0.39 is 5.41 Å². The van der Waals surface area contributed by atoms with E-state index in [-0.39, 0.29) is 5.91 Å². The van der Waals surface area contributed by atoms with Crippen LogP contribution in [-0.2, 0) is 10.2 Å². The summed E-state index contributed by atoms with van der Waals surface area (Å²) < 4.78 is 0. The number of piperazine rings is 1. The summed E-state index contributed by atoms with van der Waals surface area (Å²) >= 11 is 0. The molecule has 2 heterocycles. The Hall–Kier alpha value is -1.90. The van der Waals surface area contributed by atoms with Crippen molar-refractivity contribution in [3.63, 3.8) is 0 Å². The van der Waals surface area contributed by atoms with Crippen molar-refractivity contribution in [1.29, 1.82) is 5.26 Å². The number of amides is 1. The Morgan fingerprint density at radius 3 is 2.26 bits per heavy atom. The minimum atomic E-state index is -0.394. The molecule has 144 valence electrons. The zero-order valence-corrected chi connectivity index (χ0v) is 16.1. The molecule has 1 aromatic rings. The van der Waals surface area contributed by atoms with Crippen molar-refractivity contribution in [2.75, 3.05) is 45.8 Å². The molecule has 0 bridgehead atoms. The second-order valence-corrected chi connectivity index (χ2v) is 8.34. The fraction of sp³-hybridized carbons (Fsp3) is 0.636. The van der Waals surface area contributed by atoms with E-state index >= 15 is 0 Å². The molecule has 2 aliphatic heterocycles. The molecule has 0 radical (unpaired) electrons. The average molecular weight is 367 g/mol. The lowest BCUT2D eigenvalue weighted by molar-refractivity contribution is -0.135. The monoisotopic (exact) mass is 366 g/mol. The lowest BCUT2D eigenvalue weighted by Gasteiger charge is -2.43. The normalized spacial score (nSPS) is 24.2. The Balaban J connectivity index is 1.27. The van der Waals surface area contributed by atoms with E-state index in [0.29, 0.717) is 6.54 Å². The molecule has 0 unspecified atom stereocenters. The largest absolute Gasteiger partial charge is 0.339 e. The Bertz CT molecular complexity index is 678. The fourth-order valence-corrected chi connectivity index (χ4v) is 4.69. The van der Waals surface area contributed by atoms with Crippen molar-refractivity contribution in [3.05, 3.63) is 35.9 Å². The summed E-state index contributed by atoms with van der Waals surface area (Å²) in [6, 6.07) is 13.5. The molecule has 0 aromatic heterocycles. The number of piperidine rings is 1. The van der Waals surface area contributed by atoms with Gasteiger partial charge in [-0.25, -0.2) is 0 Å². The number of benzene rings is 1. The number of likely N-dealkylation sites (tertiary alicyclic amines) is 1. The number of nitrogens with zero attached hydrogens (tertiary/aromatic N) is 4. The molecule has 5 nitrogen and oxygen atoms in total. The third kappa shape index (κ3) is 3.88. The van der Waals surface area contributed by atoms with Gasteiger partial charge in [-0.3, -0.25) is 14.6 Å². The first-order valence-corrected chi connectivity index (χ1v) is 10.4. The molecule has 4 rings (SSSR count). The minimum absolute atomic E-state index is 0.257. The summed E-state index contributed by atoms with van der Waals surface area (Å²) in [7, 11) is 0. The average Bonchev–Trinajstić information content (AvgIpc) is 2.69. The van der Waals surface area contributed by atoms with Crippen LogP contribution in [0.5, 0.6) is 0 Å². The molecule has 1 amide bonds. The zero-order chi connectivity index (χ0) is 18.7. The highest BCUT2D eigenvalue weighted by Crippen LogP contribution is 2.34. The summed E-state index contributed by atoms with van der Waals surface area (Å²) in [5, 5.41) is 9.81. The highest BCUT2D eigenvalue weighted by molar-refractivity contribution is 5.78. The quantitative estimate of drug-likeness (QED) is 0.820. The topological polar surface area (TPSA) is 50.6 Å². The van der Waals surface area contributed by atoms with Gasteiger partial charge in [0.05, 0.1) is 18.0 Å². The van der Waals surface area contributed by atoms with Gasteiger partial charge >= 0.3 is 0 Å². The van der Waals surface area contributed by atoms with Crippen LogP contribution in [0.15, 0.2) is 30.3 Å². The minimum Gasteiger partial charge on any atom is -0.339 e. The summed E-state index contributed by atoms with van der Waals surface area (Å²) in [5.41, 5.74) is 0.723. The fourth-order valence-electron chi connectivity index (χ4n) is 4.69. The van der Waals surface area contributed by atoms with Crippen LogP contribution in [0.25, 0.3) is 0 Å². The van der Waals surface area contributed by atoms with Crippen LogP contribution in [0.4, 0.5) is 0 Å². The van der Waals surface area contributed by atoms with Crippen LogP contribution in [0, 0.1) is 11.3 Å². The van der Waals surface area contributed by atoms with Crippen LogP contribution in [-0.4, -0.2) is 72.5 Å². The van der Waals surface area contributed by atoms with Crippen molar-refractivity contribution in [2.24, 2.45) is 0 Å². The third-order valence-electron chi connectivity index (χ3n) is 6.87. The van der Waals surface area contributed by atoms with E-state index in [1.165, 1.54) is 19.3 Å². The number of hydrogen-bond donors (Lipinski definition) is 0. The molecule has 27 heavy (non-hydrogen) atoms. The molecular weight excluding hydrogens is 336 g/mol. The molecule has 0 spiro atoms. The molecule has 0 atom stereocenters. The van der Waals surface area contributed by atoms with E-state index in [9.17, 15) is 10.1 Å². The molecule has 1 aliphatic carbocycles. The third-order valence-corrected chi connectivity index (χ3v) is 6.87. The molecule has 2 saturated heterocycles. The van der Waals surface area contributed by atoms with Gasteiger partial charge in [0, 0.05) is 45.3 Å². The predicted molar refractivity (Wildman–Crippen MR) is 105 cm³/mol. The van der Waals surface area contributed by atoms with E-state index in [0.717, 1.165) is 63.7 Å². The first kappa shape index (κ1) is 18.5. The van der Waals surface area contributed by atoms with Crippen LogP contribution in [0.2, 0.25) is 0 Å². The molecule has 5 heteroatoms. The first-order chi connectivity index (χ1) is 13.2. The summed E-state index contributed by atoms with van der Waals surface area (Å²) in [4.78, 5) is 19.6. The summed E-state index contributed by atoms with van der Waals surface area (Å²) in [6.45, 7) is 5.93. The molecule has 3 fully saturated rings. The summed E-state index contributed by atoms with van der Waals surface area (Å²) in [5.74, 6) is 0.257. The zero-order valence-electron chi connectivity index (χ0n) is 16.1. The second-order valence-electron chi connectivity index (χ2n) is 8.34. The van der Waals surface area contributed by atoms with Crippen LogP contribution in [0.3, 0.4) is 0 Å². The number of rotatable bonds is 4. The molecule has 3 aliphatic rings. The maximum atomic E-state index is 12.7. The lowest BCUT2D eigenvalue weighted by atomic mass is 9.74. The van der Waals surface area contributed by atoms with E-state index in [2.05, 4.69) is 28.0 Å². The van der Waals surface area contributed by atoms with Gasteiger partial charge in [0.15, 0.2) is 0 Å². The number of hydrogen-bond acceptors (Lipinski definition) is 4. The van der Waals surface area contributed by atoms with Gasteiger partial charge in [-0.2, -0.15) is 5.26 Å². The molecular formula is C22H30N4O. The van der Waals surface area contributed by atoms with E-state index in [1.807, 2.05) is 23.1 Å². The van der Waals surface area contributed by atoms with Crippen molar-refractivity contribution >= 4 is 5.91 Å². The second kappa shape index (κ2) is 8.00. The maximum Gasteiger partial charge on any atom is 0.236 e. The van der Waals surface area contributed by atoms with E-state index in [4.69, 9.17) is 0 Å². The molecule has 1 aromatic carbocycles. The van der Waals surface area contributed by atoms with E-state index in [1.54, 1.807) is 0 Å². The van der Waals surface area contributed by atoms with Crippen molar-refractivity contribution in [2.45, 2.75) is 43.6 Å². The number of nitriles is 1. The Labute approximate surface area is 162 Å². The Morgan fingerprint density at radius 2 is 1.70 bits per heavy atom. The standard InChI is InChI=1S/C22H30N4O/c23-18-22(19-5-2-1-3-6-19)9-11-24(12-10-22)17-21(27)26-15-13-25(14-16-26)20-7-4-8-20/h1-3,5-6,20H,4,7-17H2. The highest BCUT2D eigenvalue weighted by atomic mass is 16.2. The van der Waals surface area contributed by atoms with Gasteiger partial charge in [0.1, 0.15) is 0 Å². The Morgan fingerprint density at radius 1 is 1.04 bits per heavy atom. The smallest absolute Gasteiger partial charge is 0.236 e. The van der Waals surface area contributed by atoms with Gasteiger partial charge < -0.3 is 4.90 Å². The SMILES string of the molecule is N#CC1(c2ccccc2)CCN(CC(=O)N2CCN(C3CCC3)CC2)CC1. The van der Waals surface area contributed by atoms with Gasteiger partial charge in [-0.05, 0) is 31.2 Å². The highest BCUT2D eigenvalue weighted by Gasteiger charge is 2.37. The Kier molecular flexibility index (Phi) is 5.47. The van der Waals surface area contributed by atoms with Crippen molar-refractivity contribution in [1.82, 2.24) is 14.7 Å². The molecule has 0 N–H and O–H groups in total. The summed E-state index contributed by atoms with van der Waals surface area (Å²) in [6.07, 6.45) is 5.64. The van der Waals surface area contributed by atoms with Crippen molar-refractivity contribution < 1.29 is 4.79 Å². The number of carbonyl (C=O) groups is 1. The maximum absolute atomic E-state index is 12.7. The number of carbonyl (C=O) groups excluding carboxylic acids is 1. The molecule has 1 saturated carbocycles. The van der Waals surface area contributed by atoms with Crippen LogP contribution >= 0.6 is 0 Å². The van der Waals surface area contributed by atoms with Gasteiger partial charge in [-0.1, -0.05) is 36.8 Å². The van der Waals surface area contributed by atoms with Crippen LogP contribution < -0.4 is 0 Å². The van der Waals surface area contributed by atoms with Gasteiger partial charge in [0.25, 0.3) is 0 Å². The first-order valence-electron chi connectivity index (χ1n) is 10.4. The van der Waals surface area contributed by atoms with Gasteiger partial charge in [0.2, 0.25) is 5.91 Å². The van der Waals surface area contributed by atoms with Gasteiger partial charge in [-0.15, -0.1) is 0 Å². The van der Waals surface area contributed by atoms with Crippen molar-refractivity contribution in [3.8, 4) is 6.07 Å².